The molecule has 0 amide bonds. The van der Waals surface area contributed by atoms with E-state index in [1.807, 2.05) is 14.0 Å². The van der Waals surface area contributed by atoms with E-state index < -0.39 is 0 Å². The van der Waals surface area contributed by atoms with Crippen molar-refractivity contribution in [2.75, 3.05) is 19.5 Å². The molecule has 1 N–H and O–H groups in total. The molecular formula is C12H19N3O. The van der Waals surface area contributed by atoms with E-state index in [1.54, 1.807) is 7.11 Å². The number of aromatic nitrogens is 2. The van der Waals surface area contributed by atoms with Gasteiger partial charge in [-0.1, -0.05) is 0 Å². The number of ether oxygens (including phenoxy) is 1. The molecule has 1 aliphatic carbocycles. The van der Waals surface area contributed by atoms with Crippen LogP contribution in [0.25, 0.3) is 0 Å². The van der Waals surface area contributed by atoms with Crippen LogP contribution in [-0.4, -0.2) is 30.2 Å². The van der Waals surface area contributed by atoms with Crippen LogP contribution >= 0.6 is 0 Å². The van der Waals surface area contributed by atoms with Crippen LogP contribution in [0.3, 0.4) is 0 Å². The first-order valence-corrected chi connectivity index (χ1v) is 5.81. The number of nitrogens with zero attached hydrogens (tertiary/aromatic N) is 2. The van der Waals surface area contributed by atoms with Gasteiger partial charge in [-0.15, -0.1) is 0 Å². The summed E-state index contributed by atoms with van der Waals surface area (Å²) in [5.74, 6) is 2.45. The Bertz CT molecular complexity index is 363. The van der Waals surface area contributed by atoms with Crippen molar-refractivity contribution < 1.29 is 4.74 Å². The summed E-state index contributed by atoms with van der Waals surface area (Å²) >= 11 is 0. The van der Waals surface area contributed by atoms with Crippen molar-refractivity contribution in [2.45, 2.75) is 38.2 Å². The molecule has 0 bridgehead atoms. The van der Waals surface area contributed by atoms with E-state index in [4.69, 9.17) is 4.74 Å². The van der Waals surface area contributed by atoms with Crippen molar-refractivity contribution in [1.82, 2.24) is 9.97 Å². The Kier molecular flexibility index (Phi) is 3.39. The van der Waals surface area contributed by atoms with E-state index in [1.165, 1.54) is 18.5 Å². The fourth-order valence-electron chi connectivity index (χ4n) is 1.67. The van der Waals surface area contributed by atoms with E-state index in [0.29, 0.717) is 5.92 Å². The Hall–Kier alpha value is -1.16. The van der Waals surface area contributed by atoms with Crippen LogP contribution in [0.5, 0.6) is 0 Å². The molecule has 0 radical (unpaired) electrons. The van der Waals surface area contributed by atoms with E-state index in [2.05, 4.69) is 21.4 Å². The van der Waals surface area contributed by atoms with Gasteiger partial charge >= 0.3 is 0 Å². The molecule has 0 aliphatic heterocycles. The van der Waals surface area contributed by atoms with Gasteiger partial charge < -0.3 is 10.1 Å². The summed E-state index contributed by atoms with van der Waals surface area (Å²) < 4.78 is 5.24. The Balaban J connectivity index is 2.18. The molecule has 16 heavy (non-hydrogen) atoms. The second-order valence-corrected chi connectivity index (χ2v) is 4.37. The number of methoxy groups -OCH3 is 1. The van der Waals surface area contributed by atoms with Gasteiger partial charge in [-0.25, -0.2) is 9.97 Å². The first-order valence-electron chi connectivity index (χ1n) is 5.81. The normalized spacial score (nSPS) is 17.2. The van der Waals surface area contributed by atoms with Gasteiger partial charge in [-0.3, -0.25) is 0 Å². The average molecular weight is 221 g/mol. The van der Waals surface area contributed by atoms with Gasteiger partial charge in [0.05, 0.1) is 6.10 Å². The summed E-state index contributed by atoms with van der Waals surface area (Å²) in [6, 6.07) is 2.05. The third kappa shape index (κ3) is 2.70. The van der Waals surface area contributed by atoms with E-state index >= 15 is 0 Å². The fraction of sp³-hybridized carbons (Fsp3) is 0.667. The lowest BCUT2D eigenvalue weighted by atomic mass is 10.2. The number of nitrogens with one attached hydrogen (secondary N) is 1. The smallest absolute Gasteiger partial charge is 0.133 e. The van der Waals surface area contributed by atoms with Crippen LogP contribution in [0.2, 0.25) is 0 Å². The fourth-order valence-corrected chi connectivity index (χ4v) is 1.67. The lowest BCUT2D eigenvalue weighted by Gasteiger charge is -2.10. The topological polar surface area (TPSA) is 47.0 Å². The molecule has 1 aromatic heterocycles. The van der Waals surface area contributed by atoms with Crippen molar-refractivity contribution in [1.29, 1.82) is 0 Å². The van der Waals surface area contributed by atoms with Crippen molar-refractivity contribution in [3.05, 3.63) is 17.6 Å². The van der Waals surface area contributed by atoms with Crippen molar-refractivity contribution in [2.24, 2.45) is 0 Å². The van der Waals surface area contributed by atoms with E-state index in [-0.39, 0.29) is 6.10 Å². The summed E-state index contributed by atoms with van der Waals surface area (Å²) in [5, 5.41) is 3.09. The third-order valence-electron chi connectivity index (χ3n) is 2.92. The Morgan fingerprint density at radius 2 is 2.25 bits per heavy atom. The highest BCUT2D eigenvalue weighted by molar-refractivity contribution is 5.37. The molecule has 0 spiro atoms. The maximum absolute atomic E-state index is 5.24. The molecular weight excluding hydrogens is 202 g/mol. The highest BCUT2D eigenvalue weighted by Crippen LogP contribution is 2.39. The molecule has 4 nitrogen and oxygen atoms in total. The molecule has 1 fully saturated rings. The summed E-state index contributed by atoms with van der Waals surface area (Å²) in [5.41, 5.74) is 1.18. The molecule has 1 aromatic rings. The van der Waals surface area contributed by atoms with Crippen LogP contribution < -0.4 is 5.32 Å². The summed E-state index contributed by atoms with van der Waals surface area (Å²) in [7, 11) is 3.61. The second-order valence-electron chi connectivity index (χ2n) is 4.37. The van der Waals surface area contributed by atoms with Gasteiger partial charge in [0, 0.05) is 38.3 Å². The first kappa shape index (κ1) is 11.3. The van der Waals surface area contributed by atoms with Crippen LogP contribution in [0.1, 0.15) is 37.2 Å². The zero-order valence-corrected chi connectivity index (χ0v) is 10.2. The van der Waals surface area contributed by atoms with Crippen LogP contribution in [-0.2, 0) is 11.2 Å². The molecule has 1 atom stereocenters. The van der Waals surface area contributed by atoms with Crippen molar-refractivity contribution in [3.8, 4) is 0 Å². The quantitative estimate of drug-likeness (QED) is 0.825. The number of hydrogen-bond acceptors (Lipinski definition) is 4. The van der Waals surface area contributed by atoms with Gasteiger partial charge in [0.25, 0.3) is 0 Å². The maximum Gasteiger partial charge on any atom is 0.133 e. The average Bonchev–Trinajstić information content (AvgIpc) is 3.12. The number of hydrogen-bond donors (Lipinski definition) is 1. The molecule has 88 valence electrons. The van der Waals surface area contributed by atoms with E-state index in [0.717, 1.165) is 18.1 Å². The highest BCUT2D eigenvalue weighted by Gasteiger charge is 2.26. The minimum Gasteiger partial charge on any atom is -0.381 e. The third-order valence-corrected chi connectivity index (χ3v) is 2.92. The molecule has 1 heterocycles. The van der Waals surface area contributed by atoms with Gasteiger partial charge in [0.2, 0.25) is 0 Å². The summed E-state index contributed by atoms with van der Waals surface area (Å²) in [4.78, 5) is 9.05. The Labute approximate surface area is 96.4 Å². The van der Waals surface area contributed by atoms with Gasteiger partial charge in [-0.05, 0) is 19.8 Å². The number of rotatable bonds is 5. The monoisotopic (exact) mass is 221 g/mol. The second kappa shape index (κ2) is 4.78. The lowest BCUT2D eigenvalue weighted by molar-refractivity contribution is 0.117. The first-order chi connectivity index (χ1) is 7.72. The molecule has 0 saturated heterocycles. The van der Waals surface area contributed by atoms with Crippen molar-refractivity contribution >= 4 is 5.82 Å². The minimum absolute atomic E-state index is 0.166. The van der Waals surface area contributed by atoms with Crippen LogP contribution in [0.15, 0.2) is 6.07 Å². The Morgan fingerprint density at radius 1 is 1.50 bits per heavy atom. The lowest BCUT2D eigenvalue weighted by Crippen LogP contribution is -2.13. The van der Waals surface area contributed by atoms with E-state index in [9.17, 15) is 0 Å². The minimum atomic E-state index is 0.166. The predicted molar refractivity (Wildman–Crippen MR) is 63.7 cm³/mol. The standard InChI is InChI=1S/C12H19N3O/c1-8(16-3)6-12-14-10(9-4-5-9)7-11(13-2)15-12/h7-9H,4-6H2,1-3H3,(H,13,14,15). The SMILES string of the molecule is CNc1cc(C2CC2)nc(CC(C)OC)n1. The highest BCUT2D eigenvalue weighted by atomic mass is 16.5. The Morgan fingerprint density at radius 3 is 2.81 bits per heavy atom. The maximum atomic E-state index is 5.24. The molecule has 1 aliphatic rings. The number of anilines is 1. The van der Waals surface area contributed by atoms with Gasteiger partial charge in [0.1, 0.15) is 11.6 Å². The molecule has 1 saturated carbocycles. The zero-order valence-electron chi connectivity index (χ0n) is 10.2. The van der Waals surface area contributed by atoms with Crippen LogP contribution in [0.4, 0.5) is 5.82 Å². The van der Waals surface area contributed by atoms with Crippen LogP contribution in [0, 0.1) is 0 Å². The molecule has 4 heteroatoms. The van der Waals surface area contributed by atoms with Gasteiger partial charge in [0.15, 0.2) is 0 Å². The van der Waals surface area contributed by atoms with Crippen molar-refractivity contribution in [3.63, 3.8) is 0 Å². The predicted octanol–water partition coefficient (Wildman–Crippen LogP) is 1.97. The molecule has 0 aromatic carbocycles. The summed E-state index contributed by atoms with van der Waals surface area (Å²) in [6.45, 7) is 2.03. The molecule has 2 rings (SSSR count). The molecule has 1 unspecified atom stereocenters. The largest absolute Gasteiger partial charge is 0.381 e. The zero-order chi connectivity index (χ0) is 11.5. The van der Waals surface area contributed by atoms with Gasteiger partial charge in [-0.2, -0.15) is 0 Å². The summed E-state index contributed by atoms with van der Waals surface area (Å²) in [6.07, 6.45) is 3.46.